The summed E-state index contributed by atoms with van der Waals surface area (Å²) in [5, 5.41) is 5.68. The Labute approximate surface area is 180 Å². The maximum Gasteiger partial charge on any atom is 0.261 e. The second-order valence-corrected chi connectivity index (χ2v) is 6.80. The summed E-state index contributed by atoms with van der Waals surface area (Å²) in [6, 6.07) is 23.2. The number of carbonyl (C=O) groups excluding carboxylic acids is 2. The number of hydrogen-bond acceptors (Lipinski definition) is 4. The van der Waals surface area contributed by atoms with Gasteiger partial charge in [0.05, 0.1) is 12.7 Å². The lowest BCUT2D eigenvalue weighted by atomic mass is 10.1. The SMILES string of the molecule is COc1ccccc1C(=O)NC(=S)Nc1cccc(C(=O)N(C)c2ccccc2)c1. The third kappa shape index (κ3) is 5.01. The quantitative estimate of drug-likeness (QED) is 0.610. The highest BCUT2D eigenvalue weighted by Gasteiger charge is 2.15. The molecule has 0 bridgehead atoms. The van der Waals surface area contributed by atoms with Gasteiger partial charge in [0, 0.05) is 24.0 Å². The number of benzene rings is 3. The Kier molecular flexibility index (Phi) is 6.77. The minimum absolute atomic E-state index is 0.118. The van der Waals surface area contributed by atoms with Gasteiger partial charge in [-0.25, -0.2) is 0 Å². The van der Waals surface area contributed by atoms with Crippen LogP contribution in [0, 0.1) is 0 Å². The van der Waals surface area contributed by atoms with E-state index in [0.717, 1.165) is 5.69 Å². The van der Waals surface area contributed by atoms with Crippen molar-refractivity contribution in [1.29, 1.82) is 0 Å². The molecule has 0 spiro atoms. The summed E-state index contributed by atoms with van der Waals surface area (Å²) in [4.78, 5) is 26.8. The van der Waals surface area contributed by atoms with E-state index >= 15 is 0 Å². The molecule has 152 valence electrons. The van der Waals surface area contributed by atoms with Gasteiger partial charge in [-0.15, -0.1) is 0 Å². The number of amides is 2. The Morgan fingerprint density at radius 1 is 0.933 bits per heavy atom. The van der Waals surface area contributed by atoms with Crippen LogP contribution in [0.25, 0.3) is 0 Å². The van der Waals surface area contributed by atoms with Crippen LogP contribution in [0.3, 0.4) is 0 Å². The maximum atomic E-state index is 12.8. The van der Waals surface area contributed by atoms with E-state index in [1.165, 1.54) is 7.11 Å². The molecule has 2 N–H and O–H groups in total. The number of carbonyl (C=O) groups is 2. The highest BCUT2D eigenvalue weighted by molar-refractivity contribution is 7.80. The lowest BCUT2D eigenvalue weighted by Crippen LogP contribution is -2.34. The van der Waals surface area contributed by atoms with Crippen molar-refractivity contribution < 1.29 is 14.3 Å². The Bertz CT molecular complexity index is 1070. The molecular weight excluding hydrogens is 398 g/mol. The van der Waals surface area contributed by atoms with Crippen LogP contribution in [0.4, 0.5) is 11.4 Å². The standard InChI is InChI=1S/C23H21N3O3S/c1-26(18-11-4-3-5-12-18)22(28)16-9-8-10-17(15-16)24-23(30)25-21(27)19-13-6-7-14-20(19)29-2/h3-15H,1-2H3,(H2,24,25,27,30). The molecule has 2 amide bonds. The number of nitrogens with one attached hydrogen (secondary N) is 2. The fourth-order valence-corrected chi connectivity index (χ4v) is 3.07. The van der Waals surface area contributed by atoms with Crippen LogP contribution in [0.2, 0.25) is 0 Å². The first-order valence-electron chi connectivity index (χ1n) is 9.18. The van der Waals surface area contributed by atoms with Gasteiger partial charge in [-0.3, -0.25) is 14.9 Å². The Morgan fingerprint density at radius 2 is 1.63 bits per heavy atom. The van der Waals surface area contributed by atoms with Crippen molar-refractivity contribution in [1.82, 2.24) is 5.32 Å². The van der Waals surface area contributed by atoms with E-state index in [0.29, 0.717) is 22.6 Å². The van der Waals surface area contributed by atoms with Gasteiger partial charge in [-0.1, -0.05) is 36.4 Å². The molecule has 7 heteroatoms. The molecule has 3 aromatic carbocycles. The lowest BCUT2D eigenvalue weighted by molar-refractivity contribution is 0.0971. The van der Waals surface area contributed by atoms with Crippen LogP contribution in [0.5, 0.6) is 5.75 Å². The smallest absolute Gasteiger partial charge is 0.261 e. The fraction of sp³-hybridized carbons (Fsp3) is 0.0870. The molecule has 30 heavy (non-hydrogen) atoms. The molecule has 0 saturated carbocycles. The molecule has 0 unspecified atom stereocenters. The van der Waals surface area contributed by atoms with Crippen molar-refractivity contribution in [2.24, 2.45) is 0 Å². The van der Waals surface area contributed by atoms with Crippen LogP contribution >= 0.6 is 12.2 Å². The van der Waals surface area contributed by atoms with Crippen molar-refractivity contribution in [3.8, 4) is 5.75 Å². The summed E-state index contributed by atoms with van der Waals surface area (Å²) in [6.07, 6.45) is 0. The van der Waals surface area contributed by atoms with Gasteiger partial charge in [0.15, 0.2) is 5.11 Å². The molecule has 0 heterocycles. The molecule has 0 aliphatic heterocycles. The van der Waals surface area contributed by atoms with Crippen LogP contribution in [-0.2, 0) is 0 Å². The summed E-state index contributed by atoms with van der Waals surface area (Å²) < 4.78 is 5.20. The number of para-hydroxylation sites is 2. The average molecular weight is 420 g/mol. The molecular formula is C23H21N3O3S. The predicted octanol–water partition coefficient (Wildman–Crippen LogP) is 4.10. The van der Waals surface area contributed by atoms with E-state index < -0.39 is 0 Å². The van der Waals surface area contributed by atoms with Crippen LogP contribution in [0.15, 0.2) is 78.9 Å². The minimum atomic E-state index is -0.388. The van der Waals surface area contributed by atoms with E-state index in [1.54, 1.807) is 60.5 Å². The third-order valence-corrected chi connectivity index (χ3v) is 4.60. The third-order valence-electron chi connectivity index (χ3n) is 4.39. The molecule has 0 atom stereocenters. The molecule has 0 fully saturated rings. The summed E-state index contributed by atoms with van der Waals surface area (Å²) in [6.45, 7) is 0. The van der Waals surface area contributed by atoms with Crippen molar-refractivity contribution >= 4 is 40.5 Å². The second kappa shape index (κ2) is 9.67. The fourth-order valence-electron chi connectivity index (χ4n) is 2.86. The van der Waals surface area contributed by atoms with Gasteiger partial charge in [0.1, 0.15) is 5.75 Å². The molecule has 0 saturated heterocycles. The van der Waals surface area contributed by atoms with E-state index in [9.17, 15) is 9.59 Å². The summed E-state index contributed by atoms with van der Waals surface area (Å²) in [5.74, 6) is -0.0934. The molecule has 3 rings (SSSR count). The molecule has 0 aliphatic carbocycles. The number of methoxy groups -OCH3 is 1. The van der Waals surface area contributed by atoms with Crippen LogP contribution < -0.4 is 20.3 Å². The zero-order valence-corrected chi connectivity index (χ0v) is 17.4. The zero-order chi connectivity index (χ0) is 21.5. The van der Waals surface area contributed by atoms with Crippen molar-refractivity contribution in [3.05, 3.63) is 90.0 Å². The summed E-state index contributed by atoms with van der Waals surface area (Å²) in [7, 11) is 3.22. The number of thiocarbonyl (C=S) groups is 1. The second-order valence-electron chi connectivity index (χ2n) is 6.39. The van der Waals surface area contributed by atoms with Crippen molar-refractivity contribution in [3.63, 3.8) is 0 Å². The van der Waals surface area contributed by atoms with Gasteiger partial charge in [0.2, 0.25) is 0 Å². The molecule has 0 aromatic heterocycles. The van der Waals surface area contributed by atoms with Gasteiger partial charge in [-0.05, 0) is 54.7 Å². The van der Waals surface area contributed by atoms with Crippen LogP contribution in [0.1, 0.15) is 20.7 Å². The molecule has 3 aromatic rings. The number of ether oxygens (including phenoxy) is 1. The van der Waals surface area contributed by atoms with Gasteiger partial charge in [0.25, 0.3) is 11.8 Å². The minimum Gasteiger partial charge on any atom is -0.496 e. The topological polar surface area (TPSA) is 70.7 Å². The van der Waals surface area contributed by atoms with Gasteiger partial charge < -0.3 is 15.0 Å². The van der Waals surface area contributed by atoms with E-state index in [-0.39, 0.29) is 16.9 Å². The number of hydrogen-bond donors (Lipinski definition) is 2. The lowest BCUT2D eigenvalue weighted by Gasteiger charge is -2.18. The van der Waals surface area contributed by atoms with E-state index in [4.69, 9.17) is 17.0 Å². The van der Waals surface area contributed by atoms with Crippen LogP contribution in [-0.4, -0.2) is 31.1 Å². The average Bonchev–Trinajstić information content (AvgIpc) is 2.78. The Morgan fingerprint density at radius 3 is 2.37 bits per heavy atom. The Balaban J connectivity index is 1.68. The molecule has 0 aliphatic rings. The number of anilines is 2. The zero-order valence-electron chi connectivity index (χ0n) is 16.6. The normalized spacial score (nSPS) is 10.1. The predicted molar refractivity (Wildman–Crippen MR) is 122 cm³/mol. The van der Waals surface area contributed by atoms with E-state index in [2.05, 4.69) is 10.6 Å². The van der Waals surface area contributed by atoms with Gasteiger partial charge >= 0.3 is 0 Å². The highest BCUT2D eigenvalue weighted by Crippen LogP contribution is 2.19. The molecule has 0 radical (unpaired) electrons. The Hall–Kier alpha value is -3.71. The first-order valence-corrected chi connectivity index (χ1v) is 9.59. The highest BCUT2D eigenvalue weighted by atomic mass is 32.1. The van der Waals surface area contributed by atoms with Crippen molar-refractivity contribution in [2.45, 2.75) is 0 Å². The number of nitrogens with zero attached hydrogens (tertiary/aromatic N) is 1. The first kappa shape index (κ1) is 21.0. The van der Waals surface area contributed by atoms with E-state index in [1.807, 2.05) is 30.3 Å². The first-order chi connectivity index (χ1) is 14.5. The summed E-state index contributed by atoms with van der Waals surface area (Å²) >= 11 is 5.25. The maximum absolute atomic E-state index is 12.8. The number of rotatable bonds is 5. The largest absolute Gasteiger partial charge is 0.496 e. The van der Waals surface area contributed by atoms with Crippen molar-refractivity contribution in [2.75, 3.05) is 24.4 Å². The monoisotopic (exact) mass is 419 g/mol. The molecule has 6 nitrogen and oxygen atoms in total. The van der Waals surface area contributed by atoms with Gasteiger partial charge in [-0.2, -0.15) is 0 Å². The summed E-state index contributed by atoms with van der Waals surface area (Å²) in [5.41, 5.74) is 2.25.